The summed E-state index contributed by atoms with van der Waals surface area (Å²) in [4.78, 5) is 3.26. The van der Waals surface area contributed by atoms with Crippen molar-refractivity contribution in [2.75, 3.05) is 0 Å². The highest BCUT2D eigenvalue weighted by molar-refractivity contribution is 5.83. The molecule has 0 bridgehead atoms. The number of H-pyrrole nitrogens is 1. The predicted octanol–water partition coefficient (Wildman–Crippen LogP) is 3.27. The summed E-state index contributed by atoms with van der Waals surface area (Å²) in [5.41, 5.74) is 2.70. The van der Waals surface area contributed by atoms with E-state index in [1.54, 1.807) is 0 Å². The van der Waals surface area contributed by atoms with Crippen LogP contribution in [0.4, 0.5) is 0 Å². The Kier molecular flexibility index (Phi) is 1.69. The fourth-order valence-electron chi connectivity index (χ4n) is 1.59. The molecule has 0 aliphatic carbocycles. The van der Waals surface area contributed by atoms with Gasteiger partial charge in [0.25, 0.3) is 0 Å². The summed E-state index contributed by atoms with van der Waals surface area (Å²) in [6, 6.07) is 9.33. The highest BCUT2D eigenvalue weighted by atomic mass is 14.7. The predicted molar refractivity (Wildman–Crippen MR) is 55.8 cm³/mol. The first-order valence-electron chi connectivity index (χ1n) is 4.57. The minimum atomic E-state index is 0.191. The third-order valence-electron chi connectivity index (χ3n) is 2.31. The normalized spacial score (nSPS) is 12.2. The van der Waals surface area contributed by atoms with Crippen LogP contribution in [-0.2, 0) is 5.41 Å². The van der Waals surface area contributed by atoms with Crippen molar-refractivity contribution < 1.29 is 0 Å². The van der Waals surface area contributed by atoms with Crippen molar-refractivity contribution in [2.45, 2.75) is 26.2 Å². The van der Waals surface area contributed by atoms with Crippen LogP contribution in [0.5, 0.6) is 0 Å². The van der Waals surface area contributed by atoms with Crippen LogP contribution in [0.3, 0.4) is 0 Å². The number of hydrogen-bond acceptors (Lipinski definition) is 0. The third-order valence-corrected chi connectivity index (χ3v) is 2.31. The van der Waals surface area contributed by atoms with Crippen LogP contribution < -0.4 is 0 Å². The number of aromatic nitrogens is 1. The van der Waals surface area contributed by atoms with E-state index in [2.05, 4.69) is 44.1 Å². The maximum atomic E-state index is 3.27. The Bertz CT molecular complexity index is 418. The van der Waals surface area contributed by atoms with Crippen molar-refractivity contribution in [3.63, 3.8) is 0 Å². The largest absolute Gasteiger partial charge is 0.361 e. The zero-order valence-electron chi connectivity index (χ0n) is 8.31. The van der Waals surface area contributed by atoms with Crippen LogP contribution in [0.15, 0.2) is 24.4 Å². The van der Waals surface area contributed by atoms with Crippen LogP contribution in [0, 0.1) is 6.07 Å². The van der Waals surface area contributed by atoms with Gasteiger partial charge in [-0.1, -0.05) is 32.9 Å². The van der Waals surface area contributed by atoms with Gasteiger partial charge in [0, 0.05) is 17.1 Å². The van der Waals surface area contributed by atoms with Crippen molar-refractivity contribution >= 4 is 10.9 Å². The van der Waals surface area contributed by atoms with Gasteiger partial charge in [0.05, 0.1) is 0 Å². The molecule has 0 saturated carbocycles. The number of fused-ring (bicyclic) bond motifs is 1. The summed E-state index contributed by atoms with van der Waals surface area (Å²) in [7, 11) is 0. The zero-order chi connectivity index (χ0) is 9.47. The summed E-state index contributed by atoms with van der Waals surface area (Å²) in [5, 5.41) is 1.22. The molecule has 0 atom stereocenters. The molecule has 1 heteroatoms. The van der Waals surface area contributed by atoms with Gasteiger partial charge in [-0.05, 0) is 23.1 Å². The Labute approximate surface area is 78.8 Å². The Balaban J connectivity index is 2.72. The smallest absolute Gasteiger partial charge is 0.0463 e. The van der Waals surface area contributed by atoms with Crippen LogP contribution in [0.25, 0.3) is 10.9 Å². The first-order chi connectivity index (χ1) is 6.09. The molecule has 1 nitrogen and oxygen atoms in total. The standard InChI is InChI=1S/C12H14N/c1-12(2,3)10-8-13-11-7-5-4-6-9(10)11/h4-5,7-8,13H,1-3H3. The van der Waals surface area contributed by atoms with E-state index in [-0.39, 0.29) is 5.41 Å². The lowest BCUT2D eigenvalue weighted by Crippen LogP contribution is -2.09. The fraction of sp³-hybridized carbons (Fsp3) is 0.333. The second-order valence-electron chi connectivity index (χ2n) is 4.41. The summed E-state index contributed by atoms with van der Waals surface area (Å²) in [6.45, 7) is 6.66. The first kappa shape index (κ1) is 8.36. The van der Waals surface area contributed by atoms with E-state index < -0.39 is 0 Å². The molecular weight excluding hydrogens is 158 g/mol. The molecule has 2 aromatic rings. The number of aromatic amines is 1. The number of rotatable bonds is 0. The van der Waals surface area contributed by atoms with Gasteiger partial charge in [-0.2, -0.15) is 0 Å². The molecule has 13 heavy (non-hydrogen) atoms. The van der Waals surface area contributed by atoms with Crippen LogP contribution >= 0.6 is 0 Å². The lowest BCUT2D eigenvalue weighted by atomic mass is 9.87. The van der Waals surface area contributed by atoms with Crippen LogP contribution in [0.2, 0.25) is 0 Å². The van der Waals surface area contributed by atoms with Gasteiger partial charge in [-0.25, -0.2) is 0 Å². The van der Waals surface area contributed by atoms with Gasteiger partial charge in [-0.15, -0.1) is 0 Å². The molecule has 1 aromatic carbocycles. The molecule has 0 unspecified atom stereocenters. The fourth-order valence-corrected chi connectivity index (χ4v) is 1.59. The average Bonchev–Trinajstić information content (AvgIpc) is 2.45. The molecule has 0 amide bonds. The summed E-state index contributed by atoms with van der Waals surface area (Å²) in [6.07, 6.45) is 2.08. The second kappa shape index (κ2) is 2.63. The Morgan fingerprint density at radius 2 is 2.08 bits per heavy atom. The third kappa shape index (κ3) is 1.35. The monoisotopic (exact) mass is 172 g/mol. The van der Waals surface area contributed by atoms with E-state index >= 15 is 0 Å². The molecule has 1 N–H and O–H groups in total. The number of benzene rings is 1. The minimum Gasteiger partial charge on any atom is -0.361 e. The minimum absolute atomic E-state index is 0.191. The molecule has 0 saturated heterocycles. The van der Waals surface area contributed by atoms with Crippen molar-refractivity contribution in [1.82, 2.24) is 4.98 Å². The maximum Gasteiger partial charge on any atom is 0.0463 e. The summed E-state index contributed by atoms with van der Waals surface area (Å²) < 4.78 is 0. The molecule has 1 heterocycles. The molecule has 0 spiro atoms. The van der Waals surface area contributed by atoms with Gasteiger partial charge in [0.2, 0.25) is 0 Å². The molecule has 0 fully saturated rings. The summed E-state index contributed by atoms with van der Waals surface area (Å²) >= 11 is 0. The van der Waals surface area contributed by atoms with Crippen molar-refractivity contribution in [3.05, 3.63) is 36.0 Å². The molecular formula is C12H14N. The Morgan fingerprint density at radius 3 is 2.77 bits per heavy atom. The van der Waals surface area contributed by atoms with Gasteiger partial charge in [0.15, 0.2) is 0 Å². The van der Waals surface area contributed by atoms with Gasteiger partial charge in [0.1, 0.15) is 0 Å². The highest BCUT2D eigenvalue weighted by Crippen LogP contribution is 2.28. The Morgan fingerprint density at radius 1 is 1.31 bits per heavy atom. The van der Waals surface area contributed by atoms with Crippen molar-refractivity contribution in [1.29, 1.82) is 0 Å². The van der Waals surface area contributed by atoms with E-state index in [0.29, 0.717) is 0 Å². The lowest BCUT2D eigenvalue weighted by Gasteiger charge is -2.17. The molecule has 0 aliphatic heterocycles. The number of hydrogen-bond donors (Lipinski definition) is 1. The SMILES string of the molecule is CC(C)(C)c1c[nH]c2ccc[c]c12. The summed E-state index contributed by atoms with van der Waals surface area (Å²) in [5.74, 6) is 0. The van der Waals surface area contributed by atoms with Crippen molar-refractivity contribution in [3.8, 4) is 0 Å². The molecule has 1 radical (unpaired) electrons. The van der Waals surface area contributed by atoms with Crippen molar-refractivity contribution in [2.24, 2.45) is 0 Å². The second-order valence-corrected chi connectivity index (χ2v) is 4.41. The van der Waals surface area contributed by atoms with Crippen LogP contribution in [-0.4, -0.2) is 4.98 Å². The zero-order valence-corrected chi connectivity index (χ0v) is 8.31. The van der Waals surface area contributed by atoms with E-state index in [4.69, 9.17) is 0 Å². The maximum absolute atomic E-state index is 3.27. The molecule has 2 rings (SSSR count). The van der Waals surface area contributed by atoms with Crippen LogP contribution in [0.1, 0.15) is 26.3 Å². The van der Waals surface area contributed by atoms with E-state index in [1.807, 2.05) is 12.1 Å². The van der Waals surface area contributed by atoms with E-state index in [0.717, 1.165) is 0 Å². The molecule has 1 aromatic heterocycles. The number of nitrogens with one attached hydrogen (secondary N) is 1. The molecule has 67 valence electrons. The van der Waals surface area contributed by atoms with Gasteiger partial charge >= 0.3 is 0 Å². The topological polar surface area (TPSA) is 15.8 Å². The molecule has 0 aliphatic rings. The van der Waals surface area contributed by atoms with E-state index in [9.17, 15) is 0 Å². The Hall–Kier alpha value is -1.24. The van der Waals surface area contributed by atoms with Gasteiger partial charge in [-0.3, -0.25) is 0 Å². The highest BCUT2D eigenvalue weighted by Gasteiger charge is 2.17. The lowest BCUT2D eigenvalue weighted by molar-refractivity contribution is 0.596. The van der Waals surface area contributed by atoms with Gasteiger partial charge < -0.3 is 4.98 Å². The first-order valence-corrected chi connectivity index (χ1v) is 4.57. The van der Waals surface area contributed by atoms with E-state index in [1.165, 1.54) is 16.5 Å². The average molecular weight is 172 g/mol. The quantitative estimate of drug-likeness (QED) is 0.627.